The lowest BCUT2D eigenvalue weighted by atomic mass is 10.5. The Morgan fingerprint density at radius 3 is 1.62 bits per heavy atom. The second kappa shape index (κ2) is 9.56. The van der Waals surface area contributed by atoms with Crippen LogP contribution in [0.5, 0.6) is 0 Å². The third kappa shape index (κ3) is 59.0. The van der Waals surface area contributed by atoms with Crippen LogP contribution in [0.4, 0.5) is 0 Å². The van der Waals surface area contributed by atoms with Gasteiger partial charge in [0.1, 0.15) is 0 Å². The summed E-state index contributed by atoms with van der Waals surface area (Å²) in [5.74, 6) is 0. The highest BCUT2D eigenvalue weighted by molar-refractivity contribution is 4.86. The maximum Gasteiger partial charge on any atom is 0.000552 e. The van der Waals surface area contributed by atoms with Gasteiger partial charge in [-0.2, -0.15) is 0 Å². The minimum Gasteiger partial charge on any atom is -0.403 e. The fourth-order valence-electron chi connectivity index (χ4n) is 0. The first-order chi connectivity index (χ1) is 3.68. The van der Waals surface area contributed by atoms with Crippen LogP contribution in [0.25, 0.3) is 0 Å². The van der Waals surface area contributed by atoms with Crippen molar-refractivity contribution in [3.05, 3.63) is 24.4 Å². The molecule has 48 valence electrons. The summed E-state index contributed by atoms with van der Waals surface area (Å²) in [5, 5.41) is 0. The van der Waals surface area contributed by atoms with Gasteiger partial charge in [-0.15, -0.1) is 6.58 Å². The summed E-state index contributed by atoms with van der Waals surface area (Å²) in [5.41, 5.74) is 6.03. The lowest BCUT2D eigenvalue weighted by Crippen LogP contribution is -1.86. The molecule has 0 fully saturated rings. The average molecular weight is 113 g/mol. The van der Waals surface area contributed by atoms with E-state index in [1.807, 2.05) is 26.8 Å². The molecule has 0 aromatic rings. The first kappa shape index (κ1) is 10.3. The Hall–Kier alpha value is -0.720. The molecule has 1 heteroatoms. The molecule has 8 heavy (non-hydrogen) atoms. The molecule has 0 bridgehead atoms. The molecule has 0 aliphatic heterocycles. The normalized spacial score (nSPS) is 9.12. The van der Waals surface area contributed by atoms with Gasteiger partial charge in [-0.25, -0.2) is 0 Å². The van der Waals surface area contributed by atoms with Crippen LogP contribution in [0, 0.1) is 0 Å². The highest BCUT2D eigenvalue weighted by Gasteiger charge is 1.60. The van der Waals surface area contributed by atoms with E-state index in [1.54, 1.807) is 6.08 Å². The van der Waals surface area contributed by atoms with E-state index in [-0.39, 0.29) is 0 Å². The van der Waals surface area contributed by atoms with Gasteiger partial charge in [0.05, 0.1) is 0 Å². The van der Waals surface area contributed by atoms with Gasteiger partial charge in [0.2, 0.25) is 0 Å². The van der Waals surface area contributed by atoms with Gasteiger partial charge in [-0.3, -0.25) is 0 Å². The molecule has 2 N–H and O–H groups in total. The standard InChI is InChI=1S/C4H9N.C3H6/c1-3-4(2)5;1-3-2/h3H,5H2,1-2H3;3H,1H2,2H3/b4-3-;. The van der Waals surface area contributed by atoms with E-state index in [2.05, 4.69) is 6.58 Å². The smallest absolute Gasteiger partial charge is 0.000552 e. The molecule has 0 aliphatic rings. The van der Waals surface area contributed by atoms with Crippen LogP contribution in [-0.2, 0) is 0 Å². The molecular weight excluding hydrogens is 98.1 g/mol. The van der Waals surface area contributed by atoms with Crippen molar-refractivity contribution in [3.8, 4) is 0 Å². The zero-order chi connectivity index (χ0) is 6.99. The highest BCUT2D eigenvalue weighted by Crippen LogP contribution is 1.71. The molecular formula is C7H15N. The quantitative estimate of drug-likeness (QED) is 0.478. The zero-order valence-corrected chi connectivity index (χ0v) is 5.94. The van der Waals surface area contributed by atoms with E-state index >= 15 is 0 Å². The van der Waals surface area contributed by atoms with Crippen LogP contribution >= 0.6 is 0 Å². The van der Waals surface area contributed by atoms with Gasteiger partial charge in [0, 0.05) is 5.70 Å². The lowest BCUT2D eigenvalue weighted by molar-refractivity contribution is 1.29. The number of hydrogen-bond donors (Lipinski definition) is 1. The van der Waals surface area contributed by atoms with Crippen LogP contribution in [0.15, 0.2) is 24.4 Å². The SMILES string of the molecule is C/C=C(/C)N.C=CC. The van der Waals surface area contributed by atoms with Gasteiger partial charge in [-0.1, -0.05) is 12.2 Å². The summed E-state index contributed by atoms with van der Waals surface area (Å²) in [6.07, 6.45) is 3.61. The highest BCUT2D eigenvalue weighted by atomic mass is 14.5. The summed E-state index contributed by atoms with van der Waals surface area (Å²) in [6, 6.07) is 0. The van der Waals surface area contributed by atoms with E-state index in [4.69, 9.17) is 5.73 Å². The summed E-state index contributed by atoms with van der Waals surface area (Å²) >= 11 is 0. The molecule has 0 heterocycles. The first-order valence-electron chi connectivity index (χ1n) is 2.64. The Morgan fingerprint density at radius 1 is 1.50 bits per heavy atom. The van der Waals surface area contributed by atoms with Gasteiger partial charge < -0.3 is 5.73 Å². The Bertz CT molecular complexity index is 68.5. The minimum absolute atomic E-state index is 0.880. The van der Waals surface area contributed by atoms with E-state index in [1.165, 1.54) is 0 Å². The third-order valence-corrected chi connectivity index (χ3v) is 0.455. The Balaban J connectivity index is 0. The minimum atomic E-state index is 0.880. The fraction of sp³-hybridized carbons (Fsp3) is 0.429. The molecule has 0 aromatic heterocycles. The van der Waals surface area contributed by atoms with Crippen molar-refractivity contribution in [3.63, 3.8) is 0 Å². The Labute approximate surface area is 51.9 Å². The largest absolute Gasteiger partial charge is 0.403 e. The van der Waals surface area contributed by atoms with E-state index in [9.17, 15) is 0 Å². The van der Waals surface area contributed by atoms with Crippen LogP contribution in [-0.4, -0.2) is 0 Å². The monoisotopic (exact) mass is 113 g/mol. The predicted octanol–water partition coefficient (Wildman–Crippen LogP) is 2.06. The lowest BCUT2D eigenvalue weighted by Gasteiger charge is -1.76. The molecule has 0 amide bonds. The van der Waals surface area contributed by atoms with Gasteiger partial charge in [-0.05, 0) is 20.8 Å². The summed E-state index contributed by atoms with van der Waals surface area (Å²) in [7, 11) is 0. The molecule has 0 spiro atoms. The van der Waals surface area contributed by atoms with Crippen LogP contribution in [0.1, 0.15) is 20.8 Å². The summed E-state index contributed by atoms with van der Waals surface area (Å²) in [6.45, 7) is 9.02. The number of hydrogen-bond acceptors (Lipinski definition) is 1. The summed E-state index contributed by atoms with van der Waals surface area (Å²) < 4.78 is 0. The van der Waals surface area contributed by atoms with Crippen LogP contribution in [0.3, 0.4) is 0 Å². The van der Waals surface area contributed by atoms with Crippen molar-refractivity contribution >= 4 is 0 Å². The zero-order valence-electron chi connectivity index (χ0n) is 5.94. The van der Waals surface area contributed by atoms with Crippen LogP contribution < -0.4 is 5.73 Å². The van der Waals surface area contributed by atoms with Crippen molar-refractivity contribution in [2.24, 2.45) is 5.73 Å². The maximum absolute atomic E-state index is 5.15. The van der Waals surface area contributed by atoms with Crippen LogP contribution in [0.2, 0.25) is 0 Å². The van der Waals surface area contributed by atoms with Gasteiger partial charge in [0.15, 0.2) is 0 Å². The van der Waals surface area contributed by atoms with Gasteiger partial charge in [0.25, 0.3) is 0 Å². The molecule has 0 atom stereocenters. The average Bonchev–Trinajstić information content (AvgIpc) is 1.69. The molecule has 0 aliphatic carbocycles. The Morgan fingerprint density at radius 2 is 1.62 bits per heavy atom. The van der Waals surface area contributed by atoms with Crippen molar-refractivity contribution in [1.29, 1.82) is 0 Å². The second-order valence-electron chi connectivity index (χ2n) is 1.44. The molecule has 0 aromatic carbocycles. The number of nitrogens with two attached hydrogens (primary N) is 1. The number of allylic oxidation sites excluding steroid dienone is 3. The third-order valence-electron chi connectivity index (χ3n) is 0.455. The van der Waals surface area contributed by atoms with Crippen molar-refractivity contribution < 1.29 is 0 Å². The molecule has 0 unspecified atom stereocenters. The summed E-state index contributed by atoms with van der Waals surface area (Å²) in [4.78, 5) is 0. The molecule has 0 rings (SSSR count). The molecule has 0 radical (unpaired) electrons. The molecule has 1 nitrogen and oxygen atoms in total. The van der Waals surface area contributed by atoms with Crippen molar-refractivity contribution in [2.45, 2.75) is 20.8 Å². The Kier molecular flexibility index (Phi) is 12.3. The second-order valence-corrected chi connectivity index (χ2v) is 1.44. The maximum atomic E-state index is 5.15. The first-order valence-corrected chi connectivity index (χ1v) is 2.64. The van der Waals surface area contributed by atoms with E-state index < -0.39 is 0 Å². The number of rotatable bonds is 0. The molecule has 0 saturated heterocycles. The van der Waals surface area contributed by atoms with Crippen molar-refractivity contribution in [2.75, 3.05) is 0 Å². The predicted molar refractivity (Wildman–Crippen MR) is 39.5 cm³/mol. The van der Waals surface area contributed by atoms with E-state index in [0.717, 1.165) is 5.70 Å². The van der Waals surface area contributed by atoms with Crippen molar-refractivity contribution in [1.82, 2.24) is 0 Å². The van der Waals surface area contributed by atoms with E-state index in [0.29, 0.717) is 0 Å². The fourth-order valence-corrected chi connectivity index (χ4v) is 0. The van der Waals surface area contributed by atoms with Gasteiger partial charge >= 0.3 is 0 Å². The topological polar surface area (TPSA) is 26.0 Å². The molecule has 0 saturated carbocycles.